The van der Waals surface area contributed by atoms with Crippen LogP contribution in [0.15, 0.2) is 18.2 Å². The number of carbonyl (C=O) groups excluding carboxylic acids is 2. The van der Waals surface area contributed by atoms with Crippen LogP contribution < -0.4 is 10.2 Å². The van der Waals surface area contributed by atoms with Crippen LogP contribution in [0.3, 0.4) is 0 Å². The van der Waals surface area contributed by atoms with Gasteiger partial charge in [-0.25, -0.2) is 0 Å². The zero-order valence-electron chi connectivity index (χ0n) is 14.4. The fraction of sp³-hybridized carbons (Fsp3) is 0.556. The van der Waals surface area contributed by atoms with Gasteiger partial charge in [0.05, 0.1) is 0 Å². The lowest BCUT2D eigenvalue weighted by Gasteiger charge is -2.23. The van der Waals surface area contributed by atoms with Crippen LogP contribution in [-0.4, -0.2) is 24.9 Å². The first-order valence-electron chi connectivity index (χ1n) is 7.93. The predicted molar refractivity (Wildman–Crippen MR) is 91.0 cm³/mol. The van der Waals surface area contributed by atoms with E-state index in [-0.39, 0.29) is 11.8 Å². The van der Waals surface area contributed by atoms with E-state index < -0.39 is 0 Å². The zero-order valence-corrected chi connectivity index (χ0v) is 14.4. The lowest BCUT2D eigenvalue weighted by atomic mass is 10.1. The Morgan fingerprint density at radius 3 is 2.50 bits per heavy atom. The maximum absolute atomic E-state index is 11.9. The third-order valence-corrected chi connectivity index (χ3v) is 3.64. The third kappa shape index (κ3) is 5.88. The van der Waals surface area contributed by atoms with E-state index in [9.17, 15) is 9.59 Å². The van der Waals surface area contributed by atoms with Gasteiger partial charge in [0.1, 0.15) is 0 Å². The van der Waals surface area contributed by atoms with E-state index in [1.807, 2.05) is 32.0 Å². The molecule has 0 unspecified atom stereocenters. The number of anilines is 1. The Kier molecular flexibility index (Phi) is 7.09. The molecule has 1 N–H and O–H groups in total. The topological polar surface area (TPSA) is 49.4 Å². The summed E-state index contributed by atoms with van der Waals surface area (Å²) >= 11 is 0. The summed E-state index contributed by atoms with van der Waals surface area (Å²) < 4.78 is 0. The van der Waals surface area contributed by atoms with Crippen molar-refractivity contribution in [1.29, 1.82) is 0 Å². The summed E-state index contributed by atoms with van der Waals surface area (Å²) in [5.74, 6) is 0.532. The number of aryl methyl sites for hydroxylation is 2. The van der Waals surface area contributed by atoms with Gasteiger partial charge in [0.15, 0.2) is 0 Å². The van der Waals surface area contributed by atoms with E-state index >= 15 is 0 Å². The van der Waals surface area contributed by atoms with Crippen molar-refractivity contribution in [2.75, 3.05) is 18.0 Å². The number of nitrogens with one attached hydrogen (secondary N) is 1. The van der Waals surface area contributed by atoms with Gasteiger partial charge in [0.25, 0.3) is 0 Å². The number of benzene rings is 1. The zero-order chi connectivity index (χ0) is 16.7. The molecule has 1 aromatic carbocycles. The number of rotatable bonds is 7. The van der Waals surface area contributed by atoms with Crippen LogP contribution in [0.25, 0.3) is 0 Å². The summed E-state index contributed by atoms with van der Waals surface area (Å²) in [4.78, 5) is 25.5. The molecule has 0 saturated carbocycles. The SMILES string of the molecule is CC(=O)N(CCC(=O)NCCC(C)C)c1cc(C)ccc1C. The van der Waals surface area contributed by atoms with E-state index in [1.54, 1.807) is 11.8 Å². The smallest absolute Gasteiger partial charge is 0.223 e. The Labute approximate surface area is 133 Å². The van der Waals surface area contributed by atoms with Gasteiger partial charge in [0, 0.05) is 32.1 Å². The van der Waals surface area contributed by atoms with Gasteiger partial charge >= 0.3 is 0 Å². The molecular weight excluding hydrogens is 276 g/mol. The molecule has 0 radical (unpaired) electrons. The standard InChI is InChI=1S/C18H28N2O2/c1-13(2)8-10-19-18(22)9-11-20(16(5)21)17-12-14(3)6-7-15(17)4/h6-7,12-13H,8-11H2,1-5H3,(H,19,22). The van der Waals surface area contributed by atoms with E-state index in [0.717, 1.165) is 23.2 Å². The highest BCUT2D eigenvalue weighted by Crippen LogP contribution is 2.22. The van der Waals surface area contributed by atoms with Gasteiger partial charge in [-0.05, 0) is 43.4 Å². The Hall–Kier alpha value is -1.84. The van der Waals surface area contributed by atoms with Crippen molar-refractivity contribution in [3.05, 3.63) is 29.3 Å². The highest BCUT2D eigenvalue weighted by molar-refractivity contribution is 5.93. The van der Waals surface area contributed by atoms with E-state index in [2.05, 4.69) is 19.2 Å². The molecule has 0 heterocycles. The van der Waals surface area contributed by atoms with Crippen LogP contribution in [0.1, 0.15) is 44.7 Å². The van der Waals surface area contributed by atoms with E-state index in [4.69, 9.17) is 0 Å². The summed E-state index contributed by atoms with van der Waals surface area (Å²) in [6.45, 7) is 10.9. The largest absolute Gasteiger partial charge is 0.356 e. The average Bonchev–Trinajstić information content (AvgIpc) is 2.42. The Morgan fingerprint density at radius 1 is 1.23 bits per heavy atom. The van der Waals surface area contributed by atoms with Crippen molar-refractivity contribution in [2.24, 2.45) is 5.92 Å². The summed E-state index contributed by atoms with van der Waals surface area (Å²) in [6, 6.07) is 6.02. The number of hydrogen-bond donors (Lipinski definition) is 1. The molecule has 22 heavy (non-hydrogen) atoms. The average molecular weight is 304 g/mol. The lowest BCUT2D eigenvalue weighted by Crippen LogP contribution is -2.34. The first-order valence-corrected chi connectivity index (χ1v) is 7.93. The number of nitrogens with zero attached hydrogens (tertiary/aromatic N) is 1. The molecule has 1 aromatic rings. The quantitative estimate of drug-likeness (QED) is 0.841. The fourth-order valence-corrected chi connectivity index (χ4v) is 2.26. The fourth-order valence-electron chi connectivity index (χ4n) is 2.26. The van der Waals surface area contributed by atoms with Crippen molar-refractivity contribution in [2.45, 2.75) is 47.5 Å². The minimum atomic E-state index is -0.0383. The molecular formula is C18H28N2O2. The van der Waals surface area contributed by atoms with Crippen molar-refractivity contribution < 1.29 is 9.59 Å². The molecule has 0 atom stereocenters. The second kappa shape index (κ2) is 8.57. The molecule has 4 nitrogen and oxygen atoms in total. The lowest BCUT2D eigenvalue weighted by molar-refractivity contribution is -0.121. The van der Waals surface area contributed by atoms with Crippen LogP contribution in [-0.2, 0) is 9.59 Å². The van der Waals surface area contributed by atoms with Crippen molar-refractivity contribution in [3.63, 3.8) is 0 Å². The van der Waals surface area contributed by atoms with Gasteiger partial charge in [0.2, 0.25) is 11.8 Å². The van der Waals surface area contributed by atoms with Gasteiger partial charge in [-0.2, -0.15) is 0 Å². The third-order valence-electron chi connectivity index (χ3n) is 3.64. The van der Waals surface area contributed by atoms with Gasteiger partial charge in [-0.15, -0.1) is 0 Å². The summed E-state index contributed by atoms with van der Waals surface area (Å²) in [6.07, 6.45) is 1.30. The second-order valence-electron chi connectivity index (χ2n) is 6.24. The molecule has 2 amide bonds. The van der Waals surface area contributed by atoms with Crippen molar-refractivity contribution in [3.8, 4) is 0 Å². The highest BCUT2D eigenvalue weighted by Gasteiger charge is 2.15. The van der Waals surface area contributed by atoms with Crippen LogP contribution in [0.2, 0.25) is 0 Å². The molecule has 0 fully saturated rings. The molecule has 1 rings (SSSR count). The molecule has 0 aliphatic heterocycles. The Morgan fingerprint density at radius 2 is 1.91 bits per heavy atom. The van der Waals surface area contributed by atoms with Crippen LogP contribution in [0.5, 0.6) is 0 Å². The van der Waals surface area contributed by atoms with Gasteiger partial charge in [-0.1, -0.05) is 26.0 Å². The maximum Gasteiger partial charge on any atom is 0.223 e. The molecule has 4 heteroatoms. The summed E-state index contributed by atoms with van der Waals surface area (Å²) in [5, 5.41) is 2.91. The Bertz CT molecular complexity index is 524. The first-order chi connectivity index (χ1) is 10.3. The second-order valence-corrected chi connectivity index (χ2v) is 6.24. The van der Waals surface area contributed by atoms with Crippen molar-refractivity contribution in [1.82, 2.24) is 5.32 Å². The van der Waals surface area contributed by atoms with Crippen LogP contribution in [0, 0.1) is 19.8 Å². The first kappa shape index (κ1) is 18.2. The molecule has 0 aromatic heterocycles. The molecule has 0 aliphatic carbocycles. The number of carbonyl (C=O) groups is 2. The van der Waals surface area contributed by atoms with E-state index in [1.165, 1.54) is 0 Å². The molecule has 122 valence electrons. The highest BCUT2D eigenvalue weighted by atomic mass is 16.2. The van der Waals surface area contributed by atoms with E-state index in [0.29, 0.717) is 25.4 Å². The molecule has 0 bridgehead atoms. The van der Waals surface area contributed by atoms with Crippen molar-refractivity contribution >= 4 is 17.5 Å². The summed E-state index contributed by atoms with van der Waals surface area (Å²) in [7, 11) is 0. The summed E-state index contributed by atoms with van der Waals surface area (Å²) in [5.41, 5.74) is 3.04. The normalized spacial score (nSPS) is 10.6. The van der Waals surface area contributed by atoms with Gasteiger partial charge in [-0.3, -0.25) is 9.59 Å². The minimum absolute atomic E-state index is 0.00259. The van der Waals surface area contributed by atoms with Crippen LogP contribution >= 0.6 is 0 Å². The number of amides is 2. The molecule has 0 aliphatic rings. The van der Waals surface area contributed by atoms with Crippen LogP contribution in [0.4, 0.5) is 5.69 Å². The maximum atomic E-state index is 11.9. The molecule has 0 spiro atoms. The minimum Gasteiger partial charge on any atom is -0.356 e. The molecule has 0 saturated heterocycles. The predicted octanol–water partition coefficient (Wildman–Crippen LogP) is 3.21. The Balaban J connectivity index is 2.64. The van der Waals surface area contributed by atoms with Gasteiger partial charge < -0.3 is 10.2 Å². The number of hydrogen-bond acceptors (Lipinski definition) is 2. The monoisotopic (exact) mass is 304 g/mol.